The Bertz CT molecular complexity index is 852. The van der Waals surface area contributed by atoms with Gasteiger partial charge in [0.1, 0.15) is 17.2 Å². The molecule has 0 bridgehead atoms. The minimum atomic E-state index is -1.51. The fraction of sp³-hybridized carbons (Fsp3) is 0.143. The van der Waals surface area contributed by atoms with Gasteiger partial charge in [-0.15, -0.1) is 0 Å². The van der Waals surface area contributed by atoms with Gasteiger partial charge >= 0.3 is 0 Å². The smallest absolute Gasteiger partial charge is 0.252 e. The van der Waals surface area contributed by atoms with Crippen LogP contribution in [0.3, 0.4) is 0 Å². The summed E-state index contributed by atoms with van der Waals surface area (Å²) in [5, 5.41) is 14.0. The highest BCUT2D eigenvalue weighted by Gasteiger charge is 2.31. The molecule has 0 aliphatic heterocycles. The highest BCUT2D eigenvalue weighted by atomic mass is 19.1. The molecule has 0 aliphatic carbocycles. The Balaban J connectivity index is 1.81. The highest BCUT2D eigenvalue weighted by Crippen LogP contribution is 2.33. The monoisotopic (exact) mass is 368 g/mol. The molecule has 3 aromatic rings. The first-order chi connectivity index (χ1) is 13.0. The number of carbonyl (C=O) groups is 1. The Morgan fingerprint density at radius 2 is 1.52 bits per heavy atom. The second-order valence-electron chi connectivity index (χ2n) is 6.12. The maximum Gasteiger partial charge on any atom is 0.252 e. The van der Waals surface area contributed by atoms with Crippen LogP contribution in [0.1, 0.15) is 27.9 Å². The highest BCUT2D eigenvalue weighted by molar-refractivity contribution is 5.93. The van der Waals surface area contributed by atoms with E-state index < -0.39 is 17.2 Å². The van der Waals surface area contributed by atoms with E-state index in [0.717, 1.165) is 0 Å². The SMILES string of the molecule is O=C(NCCC(O)(c1ccc(F)cc1)c1ccc(F)cc1)c1cccnc1. The van der Waals surface area contributed by atoms with Crippen molar-refractivity contribution < 1.29 is 18.7 Å². The van der Waals surface area contributed by atoms with Crippen molar-refractivity contribution in [3.8, 4) is 0 Å². The number of benzene rings is 2. The molecule has 0 radical (unpaired) electrons. The number of aliphatic hydroxyl groups is 1. The van der Waals surface area contributed by atoms with Gasteiger partial charge in [0.05, 0.1) is 5.56 Å². The first-order valence-electron chi connectivity index (χ1n) is 8.42. The van der Waals surface area contributed by atoms with Gasteiger partial charge in [0.2, 0.25) is 0 Å². The van der Waals surface area contributed by atoms with Crippen molar-refractivity contribution in [1.82, 2.24) is 10.3 Å². The normalized spacial score (nSPS) is 11.2. The zero-order chi connectivity index (χ0) is 19.3. The summed E-state index contributed by atoms with van der Waals surface area (Å²) in [6.07, 6.45) is 3.14. The van der Waals surface area contributed by atoms with E-state index in [1.807, 2.05) is 0 Å². The molecule has 1 amide bonds. The molecule has 3 rings (SSSR count). The first-order valence-corrected chi connectivity index (χ1v) is 8.42. The van der Waals surface area contributed by atoms with Crippen molar-refractivity contribution >= 4 is 5.91 Å². The number of hydrogen-bond donors (Lipinski definition) is 2. The molecular weight excluding hydrogens is 350 g/mol. The summed E-state index contributed by atoms with van der Waals surface area (Å²) < 4.78 is 26.6. The molecule has 0 unspecified atom stereocenters. The lowest BCUT2D eigenvalue weighted by Crippen LogP contribution is -2.34. The molecule has 0 spiro atoms. The Hall–Kier alpha value is -3.12. The summed E-state index contributed by atoms with van der Waals surface area (Å²) in [6, 6.07) is 14.2. The molecule has 0 aliphatic rings. The average Bonchev–Trinajstić information content (AvgIpc) is 2.69. The first kappa shape index (κ1) is 18.7. The van der Waals surface area contributed by atoms with Gasteiger partial charge in [-0.1, -0.05) is 24.3 Å². The van der Waals surface area contributed by atoms with Crippen LogP contribution in [0.5, 0.6) is 0 Å². The fourth-order valence-corrected chi connectivity index (χ4v) is 2.86. The maximum absolute atomic E-state index is 13.3. The number of amides is 1. The Morgan fingerprint density at radius 1 is 0.963 bits per heavy atom. The molecule has 0 fully saturated rings. The van der Waals surface area contributed by atoms with Crippen LogP contribution in [0.4, 0.5) is 8.78 Å². The van der Waals surface area contributed by atoms with Gasteiger partial charge in [0.25, 0.3) is 5.91 Å². The van der Waals surface area contributed by atoms with Crippen LogP contribution in [0.2, 0.25) is 0 Å². The number of aromatic nitrogens is 1. The van der Waals surface area contributed by atoms with Crippen molar-refractivity contribution in [3.05, 3.63) is 101 Å². The van der Waals surface area contributed by atoms with Crippen molar-refractivity contribution in [2.24, 2.45) is 0 Å². The van der Waals surface area contributed by atoms with E-state index in [4.69, 9.17) is 0 Å². The van der Waals surface area contributed by atoms with Crippen molar-refractivity contribution in [2.75, 3.05) is 6.54 Å². The molecular formula is C21H18F2N2O2. The largest absolute Gasteiger partial charge is 0.380 e. The van der Waals surface area contributed by atoms with Crippen molar-refractivity contribution in [2.45, 2.75) is 12.0 Å². The van der Waals surface area contributed by atoms with Gasteiger partial charge < -0.3 is 10.4 Å². The zero-order valence-corrected chi connectivity index (χ0v) is 14.4. The minimum Gasteiger partial charge on any atom is -0.380 e. The lowest BCUT2D eigenvalue weighted by Gasteiger charge is -2.29. The van der Waals surface area contributed by atoms with Gasteiger partial charge in [-0.2, -0.15) is 0 Å². The Kier molecular flexibility index (Phi) is 5.57. The van der Waals surface area contributed by atoms with Crippen LogP contribution in [-0.4, -0.2) is 22.5 Å². The number of hydrogen-bond acceptors (Lipinski definition) is 3. The third-order valence-electron chi connectivity index (χ3n) is 4.34. The van der Waals surface area contributed by atoms with Crippen molar-refractivity contribution in [1.29, 1.82) is 0 Å². The summed E-state index contributed by atoms with van der Waals surface area (Å²) >= 11 is 0. The van der Waals surface area contributed by atoms with Gasteiger partial charge in [0, 0.05) is 25.4 Å². The number of pyridine rings is 1. The van der Waals surface area contributed by atoms with Crippen LogP contribution in [0.25, 0.3) is 0 Å². The summed E-state index contributed by atoms with van der Waals surface area (Å²) in [6.45, 7) is 0.152. The molecule has 0 saturated carbocycles. The van der Waals surface area contributed by atoms with Crippen LogP contribution < -0.4 is 5.32 Å². The van der Waals surface area contributed by atoms with E-state index >= 15 is 0 Å². The summed E-state index contributed by atoms with van der Waals surface area (Å²) in [7, 11) is 0. The number of nitrogens with one attached hydrogen (secondary N) is 1. The van der Waals surface area contributed by atoms with E-state index in [0.29, 0.717) is 16.7 Å². The summed E-state index contributed by atoms with van der Waals surface area (Å²) in [4.78, 5) is 16.1. The molecule has 1 aromatic heterocycles. The number of nitrogens with zero attached hydrogens (tertiary/aromatic N) is 1. The standard InChI is InChI=1S/C21H18F2N2O2/c22-18-7-3-16(4-8-18)21(27,17-5-9-19(23)10-6-17)11-13-25-20(26)15-2-1-12-24-14-15/h1-10,12,14,27H,11,13H2,(H,25,26). The molecule has 6 heteroatoms. The number of halogens is 2. The maximum atomic E-state index is 13.3. The van der Waals surface area contributed by atoms with E-state index in [1.54, 1.807) is 18.3 Å². The minimum absolute atomic E-state index is 0.121. The molecule has 2 aromatic carbocycles. The van der Waals surface area contributed by atoms with Gasteiger partial charge in [-0.05, 0) is 47.5 Å². The predicted molar refractivity (Wildman–Crippen MR) is 97.0 cm³/mol. The Labute approximate surface area is 155 Å². The van der Waals surface area contributed by atoms with Crippen LogP contribution in [0.15, 0.2) is 73.1 Å². The molecule has 27 heavy (non-hydrogen) atoms. The lowest BCUT2D eigenvalue weighted by atomic mass is 9.83. The zero-order valence-electron chi connectivity index (χ0n) is 14.4. The van der Waals surface area contributed by atoms with Gasteiger partial charge in [-0.25, -0.2) is 8.78 Å². The molecule has 2 N–H and O–H groups in total. The number of carbonyl (C=O) groups excluding carboxylic acids is 1. The third kappa shape index (κ3) is 4.35. The average molecular weight is 368 g/mol. The van der Waals surface area contributed by atoms with Gasteiger partial charge in [-0.3, -0.25) is 9.78 Å². The van der Waals surface area contributed by atoms with Gasteiger partial charge in [0.15, 0.2) is 0 Å². The van der Waals surface area contributed by atoms with E-state index in [9.17, 15) is 18.7 Å². The van der Waals surface area contributed by atoms with E-state index in [1.165, 1.54) is 54.7 Å². The molecule has 0 saturated heterocycles. The Morgan fingerprint density at radius 3 is 2.00 bits per heavy atom. The predicted octanol–water partition coefficient (Wildman–Crippen LogP) is 3.42. The number of rotatable bonds is 6. The summed E-state index contributed by atoms with van der Waals surface area (Å²) in [5.41, 5.74) is -0.203. The fourth-order valence-electron chi connectivity index (χ4n) is 2.86. The molecule has 1 heterocycles. The molecule has 0 atom stereocenters. The van der Waals surface area contributed by atoms with Crippen molar-refractivity contribution in [3.63, 3.8) is 0 Å². The van der Waals surface area contributed by atoms with Crippen LogP contribution in [-0.2, 0) is 5.60 Å². The topological polar surface area (TPSA) is 62.2 Å². The second kappa shape index (κ2) is 8.05. The second-order valence-corrected chi connectivity index (χ2v) is 6.12. The summed E-state index contributed by atoms with van der Waals surface area (Å²) in [5.74, 6) is -1.17. The van der Waals surface area contributed by atoms with E-state index in [-0.39, 0.29) is 18.9 Å². The van der Waals surface area contributed by atoms with E-state index in [2.05, 4.69) is 10.3 Å². The lowest BCUT2D eigenvalue weighted by molar-refractivity contribution is 0.0689. The van der Waals surface area contributed by atoms with Crippen LogP contribution >= 0.6 is 0 Å². The third-order valence-corrected chi connectivity index (χ3v) is 4.34. The quantitative estimate of drug-likeness (QED) is 0.701. The van der Waals surface area contributed by atoms with Crippen LogP contribution in [0, 0.1) is 11.6 Å². The molecule has 4 nitrogen and oxygen atoms in total. The molecule has 138 valence electrons.